The molecule has 1 N–H and O–H groups in total. The first kappa shape index (κ1) is 20.3. The van der Waals surface area contributed by atoms with Gasteiger partial charge >= 0.3 is 5.97 Å². The Morgan fingerprint density at radius 3 is 2.03 bits per heavy atom. The summed E-state index contributed by atoms with van der Waals surface area (Å²) in [4.78, 5) is 15.7. The maximum absolute atomic E-state index is 11.1. The third kappa shape index (κ3) is 4.61. The van der Waals surface area contributed by atoms with E-state index in [2.05, 4.69) is 84.6 Å². The van der Waals surface area contributed by atoms with E-state index in [1.165, 1.54) is 22.3 Å². The molecule has 2 atom stereocenters. The second-order valence-electron chi connectivity index (χ2n) is 8.02. The van der Waals surface area contributed by atoms with E-state index in [0.717, 1.165) is 19.6 Å². The van der Waals surface area contributed by atoms with Gasteiger partial charge in [-0.3, -0.25) is 14.6 Å². The summed E-state index contributed by atoms with van der Waals surface area (Å²) in [5, 5.41) is 9.15. The molecule has 30 heavy (non-hydrogen) atoms. The molecular formula is C26H28N2O2. The molecule has 0 spiro atoms. The number of carboxylic acids is 1. The maximum Gasteiger partial charge on any atom is 0.317 e. The van der Waals surface area contributed by atoms with Gasteiger partial charge in [0.15, 0.2) is 0 Å². The summed E-state index contributed by atoms with van der Waals surface area (Å²) in [6.45, 7) is 4.68. The minimum Gasteiger partial charge on any atom is -0.480 e. The van der Waals surface area contributed by atoms with E-state index in [4.69, 9.17) is 5.11 Å². The van der Waals surface area contributed by atoms with Crippen LogP contribution in [0.5, 0.6) is 0 Å². The predicted molar refractivity (Wildman–Crippen MR) is 120 cm³/mol. The summed E-state index contributed by atoms with van der Waals surface area (Å²) < 4.78 is 0. The summed E-state index contributed by atoms with van der Waals surface area (Å²) in [5.74, 6) is -0.758. The fraction of sp³-hybridized carbons (Fsp3) is 0.269. The summed E-state index contributed by atoms with van der Waals surface area (Å²) >= 11 is 0. The van der Waals surface area contributed by atoms with Crippen LogP contribution < -0.4 is 0 Å². The second-order valence-corrected chi connectivity index (χ2v) is 8.02. The lowest BCUT2D eigenvalue weighted by Crippen LogP contribution is -2.54. The fourth-order valence-corrected chi connectivity index (χ4v) is 4.46. The highest BCUT2D eigenvalue weighted by atomic mass is 16.4. The van der Waals surface area contributed by atoms with Crippen molar-refractivity contribution in [3.8, 4) is 11.1 Å². The standard InChI is InChI=1S/C26H28N2O2/c1-20-18-27(19-25(29)30)16-17-28(20)26(23-10-6-3-7-11-23)24-14-12-22(13-15-24)21-8-4-2-5-9-21/h2-15,20,26H,16-19H2,1H3,(H,29,30). The van der Waals surface area contributed by atoms with Gasteiger partial charge in [0.2, 0.25) is 0 Å². The second kappa shape index (κ2) is 9.24. The minimum absolute atomic E-state index is 0.111. The van der Waals surface area contributed by atoms with Crippen molar-refractivity contribution in [3.05, 3.63) is 96.1 Å². The Hall–Kier alpha value is -2.95. The lowest BCUT2D eigenvalue weighted by atomic mass is 9.93. The smallest absolute Gasteiger partial charge is 0.317 e. The molecule has 154 valence electrons. The monoisotopic (exact) mass is 400 g/mol. The first-order chi connectivity index (χ1) is 14.6. The van der Waals surface area contributed by atoms with Crippen molar-refractivity contribution < 1.29 is 9.90 Å². The zero-order chi connectivity index (χ0) is 20.9. The highest BCUT2D eigenvalue weighted by Crippen LogP contribution is 2.33. The number of hydrogen-bond donors (Lipinski definition) is 1. The highest BCUT2D eigenvalue weighted by Gasteiger charge is 2.31. The largest absolute Gasteiger partial charge is 0.480 e. The lowest BCUT2D eigenvalue weighted by Gasteiger charge is -2.44. The third-order valence-corrected chi connectivity index (χ3v) is 5.90. The van der Waals surface area contributed by atoms with E-state index >= 15 is 0 Å². The van der Waals surface area contributed by atoms with Crippen LogP contribution in [-0.4, -0.2) is 53.1 Å². The number of nitrogens with zero attached hydrogens (tertiary/aromatic N) is 2. The Balaban J connectivity index is 1.62. The van der Waals surface area contributed by atoms with Crippen LogP contribution in [0.15, 0.2) is 84.9 Å². The van der Waals surface area contributed by atoms with Gasteiger partial charge < -0.3 is 5.11 Å². The first-order valence-electron chi connectivity index (χ1n) is 10.5. The van der Waals surface area contributed by atoms with Gasteiger partial charge in [0, 0.05) is 25.7 Å². The normalized spacial score (nSPS) is 18.8. The number of carboxylic acid groups (broad SMARTS) is 1. The summed E-state index contributed by atoms with van der Waals surface area (Å²) in [6.07, 6.45) is 0. The van der Waals surface area contributed by atoms with Gasteiger partial charge in [-0.1, -0.05) is 84.9 Å². The van der Waals surface area contributed by atoms with E-state index in [1.807, 2.05) is 17.0 Å². The number of benzene rings is 3. The van der Waals surface area contributed by atoms with Crippen LogP contribution >= 0.6 is 0 Å². The average molecular weight is 401 g/mol. The molecule has 0 saturated carbocycles. The molecule has 3 aromatic rings. The number of carbonyl (C=O) groups is 1. The predicted octanol–water partition coefficient (Wildman–Crippen LogP) is 4.53. The zero-order valence-corrected chi connectivity index (χ0v) is 17.3. The molecular weight excluding hydrogens is 372 g/mol. The Morgan fingerprint density at radius 1 is 0.867 bits per heavy atom. The van der Waals surface area contributed by atoms with Gasteiger partial charge in [-0.15, -0.1) is 0 Å². The van der Waals surface area contributed by atoms with Crippen LogP contribution in [0.4, 0.5) is 0 Å². The average Bonchev–Trinajstić information content (AvgIpc) is 2.77. The minimum atomic E-state index is -0.758. The van der Waals surface area contributed by atoms with Crippen molar-refractivity contribution in [2.75, 3.05) is 26.2 Å². The van der Waals surface area contributed by atoms with E-state index in [1.54, 1.807) is 0 Å². The molecule has 0 amide bonds. The SMILES string of the molecule is CC1CN(CC(=O)O)CCN1C(c1ccccc1)c1ccc(-c2ccccc2)cc1. The van der Waals surface area contributed by atoms with Gasteiger partial charge in [-0.25, -0.2) is 0 Å². The van der Waals surface area contributed by atoms with Crippen LogP contribution in [0.3, 0.4) is 0 Å². The summed E-state index contributed by atoms with van der Waals surface area (Å²) in [5.41, 5.74) is 4.96. The lowest BCUT2D eigenvalue weighted by molar-refractivity contribution is -0.139. The number of rotatable bonds is 6. The summed E-state index contributed by atoms with van der Waals surface area (Å²) in [7, 11) is 0. The maximum atomic E-state index is 11.1. The quantitative estimate of drug-likeness (QED) is 0.660. The Bertz CT molecular complexity index is 957. The molecule has 1 aliphatic rings. The van der Waals surface area contributed by atoms with E-state index in [0.29, 0.717) is 0 Å². The fourth-order valence-electron chi connectivity index (χ4n) is 4.46. The van der Waals surface area contributed by atoms with E-state index in [-0.39, 0.29) is 18.6 Å². The summed E-state index contributed by atoms with van der Waals surface area (Å²) in [6, 6.07) is 30.3. The number of piperazine rings is 1. The van der Waals surface area contributed by atoms with Crippen molar-refractivity contribution in [2.45, 2.75) is 19.0 Å². The molecule has 0 aliphatic carbocycles. The molecule has 3 aromatic carbocycles. The van der Waals surface area contributed by atoms with Crippen LogP contribution in [0.2, 0.25) is 0 Å². The van der Waals surface area contributed by atoms with Gasteiger partial charge in [0.25, 0.3) is 0 Å². The van der Waals surface area contributed by atoms with E-state index < -0.39 is 5.97 Å². The van der Waals surface area contributed by atoms with Crippen molar-refractivity contribution in [2.24, 2.45) is 0 Å². The topological polar surface area (TPSA) is 43.8 Å². The molecule has 4 heteroatoms. The molecule has 0 aromatic heterocycles. The van der Waals surface area contributed by atoms with Gasteiger partial charge in [-0.05, 0) is 29.2 Å². The Morgan fingerprint density at radius 2 is 1.43 bits per heavy atom. The number of hydrogen-bond acceptors (Lipinski definition) is 3. The van der Waals surface area contributed by atoms with Crippen molar-refractivity contribution in [1.29, 1.82) is 0 Å². The molecule has 1 saturated heterocycles. The van der Waals surface area contributed by atoms with Crippen molar-refractivity contribution >= 4 is 5.97 Å². The molecule has 4 rings (SSSR count). The van der Waals surface area contributed by atoms with Gasteiger partial charge in [0.05, 0.1) is 12.6 Å². The first-order valence-corrected chi connectivity index (χ1v) is 10.5. The molecule has 0 bridgehead atoms. The van der Waals surface area contributed by atoms with E-state index in [9.17, 15) is 4.79 Å². The molecule has 1 aliphatic heterocycles. The Labute approximate surface area is 178 Å². The molecule has 1 fully saturated rings. The molecule has 4 nitrogen and oxygen atoms in total. The zero-order valence-electron chi connectivity index (χ0n) is 17.3. The van der Waals surface area contributed by atoms with Crippen LogP contribution in [0, 0.1) is 0 Å². The van der Waals surface area contributed by atoms with Crippen LogP contribution in [0.1, 0.15) is 24.1 Å². The molecule has 2 unspecified atom stereocenters. The molecule has 1 heterocycles. The highest BCUT2D eigenvalue weighted by molar-refractivity contribution is 5.69. The van der Waals surface area contributed by atoms with Crippen molar-refractivity contribution in [3.63, 3.8) is 0 Å². The Kier molecular flexibility index (Phi) is 6.26. The van der Waals surface area contributed by atoms with Gasteiger partial charge in [-0.2, -0.15) is 0 Å². The number of aliphatic carboxylic acids is 1. The van der Waals surface area contributed by atoms with Crippen LogP contribution in [-0.2, 0) is 4.79 Å². The van der Waals surface area contributed by atoms with Crippen molar-refractivity contribution in [1.82, 2.24) is 9.80 Å². The van der Waals surface area contributed by atoms with Crippen LogP contribution in [0.25, 0.3) is 11.1 Å². The van der Waals surface area contributed by atoms with Gasteiger partial charge in [0.1, 0.15) is 0 Å². The third-order valence-electron chi connectivity index (χ3n) is 5.90. The molecule has 0 radical (unpaired) electrons.